The number of hydrogen-bond donors (Lipinski definition) is 2. The molecule has 0 radical (unpaired) electrons. The predicted molar refractivity (Wildman–Crippen MR) is 71.6 cm³/mol. The number of aliphatic carboxylic acids is 1. The molecular formula is C12H15Cl2NO3. The van der Waals surface area contributed by atoms with Gasteiger partial charge in [0.05, 0.1) is 5.02 Å². The number of benzene rings is 1. The van der Waals surface area contributed by atoms with Crippen molar-refractivity contribution in [2.45, 2.75) is 26.0 Å². The summed E-state index contributed by atoms with van der Waals surface area (Å²) in [7, 11) is 1.77. The van der Waals surface area contributed by atoms with Gasteiger partial charge in [0.25, 0.3) is 0 Å². The van der Waals surface area contributed by atoms with Gasteiger partial charge in [-0.05, 0) is 25.6 Å². The number of halogens is 2. The summed E-state index contributed by atoms with van der Waals surface area (Å²) in [5.41, 5.74) is 0.731. The monoisotopic (exact) mass is 291 g/mol. The Morgan fingerprint density at radius 3 is 2.67 bits per heavy atom. The Bertz CT molecular complexity index is 438. The van der Waals surface area contributed by atoms with Gasteiger partial charge in [-0.2, -0.15) is 0 Å². The number of carboxylic acids is 1. The smallest absolute Gasteiger partial charge is 0.344 e. The SMILES string of the molecule is CCC(Oc1c(Cl)cc(Cl)cc1CNC)C(=O)O. The molecule has 0 aliphatic carbocycles. The van der Waals surface area contributed by atoms with Crippen LogP contribution in [0.5, 0.6) is 5.75 Å². The Morgan fingerprint density at radius 1 is 1.50 bits per heavy atom. The molecule has 0 amide bonds. The maximum absolute atomic E-state index is 11.0. The van der Waals surface area contributed by atoms with Crippen LogP contribution in [0.2, 0.25) is 10.0 Å². The van der Waals surface area contributed by atoms with Gasteiger partial charge in [-0.15, -0.1) is 0 Å². The largest absolute Gasteiger partial charge is 0.479 e. The van der Waals surface area contributed by atoms with Gasteiger partial charge in [0, 0.05) is 17.1 Å². The van der Waals surface area contributed by atoms with Gasteiger partial charge in [-0.1, -0.05) is 30.1 Å². The highest BCUT2D eigenvalue weighted by molar-refractivity contribution is 6.35. The molecule has 0 aliphatic heterocycles. The van der Waals surface area contributed by atoms with Gasteiger partial charge in [-0.3, -0.25) is 0 Å². The molecule has 6 heteroatoms. The number of nitrogens with one attached hydrogen (secondary N) is 1. The molecule has 0 aromatic heterocycles. The maximum atomic E-state index is 11.0. The highest BCUT2D eigenvalue weighted by atomic mass is 35.5. The van der Waals surface area contributed by atoms with Crippen LogP contribution >= 0.6 is 23.2 Å². The number of carbonyl (C=O) groups is 1. The third-order valence-corrected chi connectivity index (χ3v) is 2.86. The summed E-state index contributed by atoms with van der Waals surface area (Å²) in [6, 6.07) is 3.24. The summed E-state index contributed by atoms with van der Waals surface area (Å²) >= 11 is 12.0. The molecule has 1 atom stereocenters. The fraction of sp³-hybridized carbons (Fsp3) is 0.417. The molecule has 18 heavy (non-hydrogen) atoms. The molecule has 4 nitrogen and oxygen atoms in total. The first-order valence-corrected chi connectivity index (χ1v) is 6.27. The van der Waals surface area contributed by atoms with Gasteiger partial charge < -0.3 is 15.2 Å². The van der Waals surface area contributed by atoms with E-state index >= 15 is 0 Å². The molecule has 0 saturated heterocycles. The van der Waals surface area contributed by atoms with Gasteiger partial charge in [-0.25, -0.2) is 4.79 Å². The Hall–Kier alpha value is -0.970. The van der Waals surface area contributed by atoms with E-state index in [1.165, 1.54) is 6.07 Å². The van der Waals surface area contributed by atoms with E-state index in [-0.39, 0.29) is 0 Å². The summed E-state index contributed by atoms with van der Waals surface area (Å²) < 4.78 is 5.46. The second-order valence-corrected chi connectivity index (χ2v) is 4.60. The third-order valence-electron chi connectivity index (χ3n) is 2.36. The highest BCUT2D eigenvalue weighted by Crippen LogP contribution is 2.33. The fourth-order valence-electron chi connectivity index (χ4n) is 1.52. The lowest BCUT2D eigenvalue weighted by Crippen LogP contribution is -2.26. The minimum Gasteiger partial charge on any atom is -0.479 e. The van der Waals surface area contributed by atoms with E-state index in [2.05, 4.69) is 5.32 Å². The molecule has 2 N–H and O–H groups in total. The quantitative estimate of drug-likeness (QED) is 0.846. The Labute approximate surface area is 116 Å². The molecule has 0 bridgehead atoms. The van der Waals surface area contributed by atoms with Crippen LogP contribution in [0.1, 0.15) is 18.9 Å². The van der Waals surface area contributed by atoms with Gasteiger partial charge >= 0.3 is 5.97 Å². The topological polar surface area (TPSA) is 58.6 Å². The average molecular weight is 292 g/mol. The Kier molecular flexibility index (Phi) is 5.72. The van der Waals surface area contributed by atoms with Gasteiger partial charge in [0.2, 0.25) is 0 Å². The van der Waals surface area contributed by atoms with E-state index in [9.17, 15) is 4.79 Å². The molecule has 0 aliphatic rings. The van der Waals surface area contributed by atoms with Crippen LogP contribution in [-0.2, 0) is 11.3 Å². The molecule has 0 fully saturated rings. The van der Waals surface area contributed by atoms with E-state index in [1.54, 1.807) is 20.0 Å². The second-order valence-electron chi connectivity index (χ2n) is 3.76. The van der Waals surface area contributed by atoms with Gasteiger partial charge in [0.1, 0.15) is 5.75 Å². The summed E-state index contributed by atoms with van der Waals surface area (Å²) in [5, 5.41) is 12.7. The Morgan fingerprint density at radius 2 is 2.17 bits per heavy atom. The molecule has 1 rings (SSSR count). The molecule has 0 saturated carbocycles. The first kappa shape index (κ1) is 15.1. The molecule has 1 aromatic carbocycles. The van der Waals surface area contributed by atoms with Crippen LogP contribution in [0.25, 0.3) is 0 Å². The number of ether oxygens (including phenoxy) is 1. The van der Waals surface area contributed by atoms with Crippen molar-refractivity contribution in [1.29, 1.82) is 0 Å². The zero-order valence-corrected chi connectivity index (χ0v) is 11.7. The van der Waals surface area contributed by atoms with Crippen molar-refractivity contribution in [2.75, 3.05) is 7.05 Å². The minimum atomic E-state index is -1.01. The standard InChI is InChI=1S/C12H15Cl2NO3/c1-3-10(12(16)17)18-11-7(6-15-2)4-8(13)5-9(11)14/h4-5,10,15H,3,6H2,1-2H3,(H,16,17). The van der Waals surface area contributed by atoms with Crippen LogP contribution in [0, 0.1) is 0 Å². The Balaban J connectivity index is 3.09. The van der Waals surface area contributed by atoms with Crippen LogP contribution in [-0.4, -0.2) is 24.2 Å². The minimum absolute atomic E-state index is 0.312. The number of rotatable bonds is 6. The first-order valence-electron chi connectivity index (χ1n) is 5.51. The van der Waals surface area contributed by atoms with E-state index in [1.807, 2.05) is 0 Å². The molecule has 0 spiro atoms. The average Bonchev–Trinajstić information content (AvgIpc) is 2.28. The van der Waals surface area contributed by atoms with E-state index in [0.717, 1.165) is 5.56 Å². The predicted octanol–water partition coefficient (Wildman–Crippen LogP) is 2.95. The normalized spacial score (nSPS) is 12.2. The molecule has 100 valence electrons. The lowest BCUT2D eigenvalue weighted by atomic mass is 10.2. The van der Waals surface area contributed by atoms with E-state index in [0.29, 0.717) is 28.8 Å². The van der Waals surface area contributed by atoms with Crippen molar-refractivity contribution in [2.24, 2.45) is 0 Å². The van der Waals surface area contributed by atoms with Crippen molar-refractivity contribution in [3.63, 3.8) is 0 Å². The molecule has 1 unspecified atom stereocenters. The summed E-state index contributed by atoms with van der Waals surface area (Å²) in [6.07, 6.45) is -0.563. The number of hydrogen-bond acceptors (Lipinski definition) is 3. The summed E-state index contributed by atoms with van der Waals surface area (Å²) in [4.78, 5) is 11.0. The van der Waals surface area contributed by atoms with Crippen molar-refractivity contribution in [3.8, 4) is 5.75 Å². The third kappa shape index (κ3) is 3.77. The molecule has 0 heterocycles. The van der Waals surface area contributed by atoms with Crippen LogP contribution in [0.4, 0.5) is 0 Å². The lowest BCUT2D eigenvalue weighted by molar-refractivity contribution is -0.145. The fourth-order valence-corrected chi connectivity index (χ4v) is 2.10. The number of carboxylic acid groups (broad SMARTS) is 1. The zero-order chi connectivity index (χ0) is 13.7. The van der Waals surface area contributed by atoms with Crippen molar-refractivity contribution >= 4 is 29.2 Å². The second kappa shape index (κ2) is 6.83. The maximum Gasteiger partial charge on any atom is 0.344 e. The summed E-state index contributed by atoms with van der Waals surface area (Å²) in [6.45, 7) is 2.23. The lowest BCUT2D eigenvalue weighted by Gasteiger charge is -2.18. The molecule has 1 aromatic rings. The van der Waals surface area contributed by atoms with Crippen molar-refractivity contribution in [3.05, 3.63) is 27.7 Å². The van der Waals surface area contributed by atoms with Crippen LogP contribution < -0.4 is 10.1 Å². The van der Waals surface area contributed by atoms with E-state index < -0.39 is 12.1 Å². The first-order chi connectivity index (χ1) is 8.49. The zero-order valence-electron chi connectivity index (χ0n) is 10.2. The van der Waals surface area contributed by atoms with Crippen molar-refractivity contribution in [1.82, 2.24) is 5.32 Å². The van der Waals surface area contributed by atoms with Crippen LogP contribution in [0.3, 0.4) is 0 Å². The summed E-state index contributed by atoms with van der Waals surface area (Å²) in [5.74, 6) is -0.649. The van der Waals surface area contributed by atoms with Gasteiger partial charge in [0.15, 0.2) is 6.10 Å². The highest BCUT2D eigenvalue weighted by Gasteiger charge is 2.20. The van der Waals surface area contributed by atoms with Crippen LogP contribution in [0.15, 0.2) is 12.1 Å². The van der Waals surface area contributed by atoms with E-state index in [4.69, 9.17) is 33.0 Å². The van der Waals surface area contributed by atoms with Crippen molar-refractivity contribution < 1.29 is 14.6 Å². The molecular weight excluding hydrogens is 277 g/mol.